The van der Waals surface area contributed by atoms with Crippen LogP contribution in [0.4, 0.5) is 9.93 Å². The number of nitrogens with one attached hydrogen (secondary N) is 2. The second-order valence-electron chi connectivity index (χ2n) is 5.09. The van der Waals surface area contributed by atoms with Crippen molar-refractivity contribution >= 4 is 28.5 Å². The van der Waals surface area contributed by atoms with E-state index in [2.05, 4.69) is 20.8 Å². The Labute approximate surface area is 115 Å². The molecule has 0 saturated heterocycles. The fourth-order valence-corrected chi connectivity index (χ4v) is 2.03. The van der Waals surface area contributed by atoms with Gasteiger partial charge in [-0.25, -0.2) is 9.59 Å². The van der Waals surface area contributed by atoms with Gasteiger partial charge >= 0.3 is 12.0 Å². The Morgan fingerprint density at radius 3 is 2.42 bits per heavy atom. The van der Waals surface area contributed by atoms with Gasteiger partial charge in [0.1, 0.15) is 11.0 Å². The van der Waals surface area contributed by atoms with Crippen molar-refractivity contribution < 1.29 is 14.7 Å². The lowest BCUT2D eigenvalue weighted by Gasteiger charge is -2.27. The molecule has 1 aromatic heterocycles. The Kier molecular flexibility index (Phi) is 4.82. The maximum absolute atomic E-state index is 11.7. The van der Waals surface area contributed by atoms with Crippen molar-refractivity contribution in [1.29, 1.82) is 0 Å². The summed E-state index contributed by atoms with van der Waals surface area (Å²) in [4.78, 5) is 22.8. The van der Waals surface area contributed by atoms with E-state index in [1.54, 1.807) is 20.8 Å². The number of nitrogens with zero attached hydrogens (tertiary/aromatic N) is 2. The molecule has 1 atom stereocenters. The van der Waals surface area contributed by atoms with E-state index in [-0.39, 0.29) is 0 Å². The topological polar surface area (TPSA) is 104 Å². The van der Waals surface area contributed by atoms with Crippen LogP contribution in [-0.2, 0) is 11.2 Å². The molecule has 0 bridgehead atoms. The molecule has 7 nitrogen and oxygen atoms in total. The third-order valence-corrected chi connectivity index (χ3v) is 3.36. The van der Waals surface area contributed by atoms with Crippen LogP contribution in [0.1, 0.15) is 32.7 Å². The highest BCUT2D eigenvalue weighted by atomic mass is 32.1. The fourth-order valence-electron chi connectivity index (χ4n) is 1.36. The van der Waals surface area contributed by atoms with E-state index in [0.717, 1.165) is 11.4 Å². The van der Waals surface area contributed by atoms with Crippen molar-refractivity contribution in [2.75, 3.05) is 5.32 Å². The van der Waals surface area contributed by atoms with Crippen molar-refractivity contribution in [3.63, 3.8) is 0 Å². The van der Waals surface area contributed by atoms with E-state index in [4.69, 9.17) is 5.11 Å². The van der Waals surface area contributed by atoms with Crippen LogP contribution in [0.15, 0.2) is 0 Å². The van der Waals surface area contributed by atoms with Gasteiger partial charge in [-0.2, -0.15) is 0 Å². The number of hydrogen-bond acceptors (Lipinski definition) is 5. The summed E-state index contributed by atoms with van der Waals surface area (Å²) < 4.78 is 0. The highest BCUT2D eigenvalue weighted by Gasteiger charge is 2.32. The van der Waals surface area contributed by atoms with Crippen LogP contribution in [0.2, 0.25) is 0 Å². The number of rotatable bonds is 4. The first kappa shape index (κ1) is 15.4. The van der Waals surface area contributed by atoms with E-state index in [9.17, 15) is 9.59 Å². The van der Waals surface area contributed by atoms with Gasteiger partial charge in [-0.15, -0.1) is 10.2 Å². The van der Waals surface area contributed by atoms with Gasteiger partial charge in [0.15, 0.2) is 0 Å². The smallest absolute Gasteiger partial charge is 0.326 e. The van der Waals surface area contributed by atoms with Crippen LogP contribution in [0.3, 0.4) is 0 Å². The molecule has 1 aromatic rings. The van der Waals surface area contributed by atoms with Gasteiger partial charge in [0.2, 0.25) is 5.13 Å². The Bertz CT molecular complexity index is 467. The first-order chi connectivity index (χ1) is 8.74. The molecule has 8 heteroatoms. The number of aryl methyl sites for hydroxylation is 1. The van der Waals surface area contributed by atoms with Crippen LogP contribution in [0.5, 0.6) is 0 Å². The minimum atomic E-state index is -1.07. The maximum Gasteiger partial charge on any atom is 0.326 e. The molecule has 1 rings (SSSR count). The zero-order valence-corrected chi connectivity index (χ0v) is 12.2. The number of aliphatic carboxylic acids is 1. The lowest BCUT2D eigenvalue weighted by molar-refractivity contribution is -0.141. The number of carboxylic acids is 1. The van der Waals surface area contributed by atoms with Crippen LogP contribution in [-0.4, -0.2) is 33.3 Å². The molecule has 0 aliphatic rings. The number of carbonyl (C=O) groups is 2. The molecule has 0 unspecified atom stereocenters. The van der Waals surface area contributed by atoms with Crippen molar-refractivity contribution in [1.82, 2.24) is 15.5 Å². The van der Waals surface area contributed by atoms with Gasteiger partial charge < -0.3 is 10.4 Å². The van der Waals surface area contributed by atoms with Crippen LogP contribution in [0, 0.1) is 5.41 Å². The predicted octanol–water partition coefficient (Wildman–Crippen LogP) is 1.72. The Morgan fingerprint density at radius 2 is 2.00 bits per heavy atom. The van der Waals surface area contributed by atoms with E-state index in [1.165, 1.54) is 11.3 Å². The van der Waals surface area contributed by atoms with Gasteiger partial charge in [-0.1, -0.05) is 39.0 Å². The Hall–Kier alpha value is -1.70. The number of aromatic nitrogens is 2. The molecule has 1 heterocycles. The monoisotopic (exact) mass is 286 g/mol. The highest BCUT2D eigenvalue weighted by Crippen LogP contribution is 2.20. The standard InChI is InChI=1S/C11H18N4O3S/c1-5-6-14-15-10(19-6)13-9(18)12-7(8(16)17)11(2,3)4/h7H,5H2,1-4H3,(H,16,17)(H2,12,13,15,18)/t7-/m0/s1. The summed E-state index contributed by atoms with van der Waals surface area (Å²) in [5.41, 5.74) is -0.584. The average molecular weight is 286 g/mol. The second-order valence-corrected chi connectivity index (χ2v) is 6.15. The number of carboxylic acid groups (broad SMARTS) is 1. The molecule has 0 aliphatic heterocycles. The van der Waals surface area contributed by atoms with Gasteiger partial charge in [-0.3, -0.25) is 5.32 Å². The molecule has 0 spiro atoms. The molecular weight excluding hydrogens is 268 g/mol. The first-order valence-corrected chi connectivity index (χ1v) is 6.68. The predicted molar refractivity (Wildman–Crippen MR) is 72.3 cm³/mol. The maximum atomic E-state index is 11.7. The molecule has 19 heavy (non-hydrogen) atoms. The molecule has 0 radical (unpaired) electrons. The molecular formula is C11H18N4O3S. The molecule has 3 N–H and O–H groups in total. The Morgan fingerprint density at radius 1 is 1.37 bits per heavy atom. The third kappa shape index (κ3) is 4.47. The van der Waals surface area contributed by atoms with Gasteiger partial charge in [0.25, 0.3) is 0 Å². The summed E-state index contributed by atoms with van der Waals surface area (Å²) in [7, 11) is 0. The number of hydrogen-bond donors (Lipinski definition) is 3. The number of amides is 2. The van der Waals surface area contributed by atoms with E-state index >= 15 is 0 Å². The number of anilines is 1. The summed E-state index contributed by atoms with van der Waals surface area (Å²) >= 11 is 1.26. The fraction of sp³-hybridized carbons (Fsp3) is 0.636. The average Bonchev–Trinajstić information content (AvgIpc) is 2.71. The van der Waals surface area contributed by atoms with Gasteiger partial charge in [0, 0.05) is 0 Å². The van der Waals surface area contributed by atoms with E-state index in [1.807, 2.05) is 6.92 Å². The molecule has 0 fully saturated rings. The SMILES string of the molecule is CCc1nnc(NC(=O)N[C@@H](C(=O)O)C(C)(C)C)s1. The number of urea groups is 1. The first-order valence-electron chi connectivity index (χ1n) is 5.86. The normalized spacial score (nSPS) is 12.8. The molecule has 0 aliphatic carbocycles. The van der Waals surface area contributed by atoms with E-state index in [0.29, 0.717) is 5.13 Å². The Balaban J connectivity index is 2.65. The quantitative estimate of drug-likeness (QED) is 0.781. The number of carbonyl (C=O) groups excluding carboxylic acids is 1. The minimum absolute atomic E-state index is 0.354. The van der Waals surface area contributed by atoms with Crippen molar-refractivity contribution in [3.8, 4) is 0 Å². The van der Waals surface area contributed by atoms with E-state index < -0.39 is 23.5 Å². The highest BCUT2D eigenvalue weighted by molar-refractivity contribution is 7.15. The minimum Gasteiger partial charge on any atom is -0.480 e. The summed E-state index contributed by atoms with van der Waals surface area (Å²) in [6.07, 6.45) is 0.737. The summed E-state index contributed by atoms with van der Waals surface area (Å²) in [5.74, 6) is -1.07. The molecule has 106 valence electrons. The summed E-state index contributed by atoms with van der Waals surface area (Å²) in [6, 6.07) is -1.58. The molecule has 2 amide bonds. The lowest BCUT2D eigenvalue weighted by atomic mass is 9.87. The van der Waals surface area contributed by atoms with Crippen LogP contribution >= 0.6 is 11.3 Å². The molecule has 0 saturated carbocycles. The zero-order valence-electron chi connectivity index (χ0n) is 11.4. The zero-order chi connectivity index (χ0) is 14.6. The van der Waals surface area contributed by atoms with Crippen LogP contribution < -0.4 is 10.6 Å². The van der Waals surface area contributed by atoms with Gasteiger partial charge in [-0.05, 0) is 11.8 Å². The second kappa shape index (κ2) is 5.96. The summed E-state index contributed by atoms with van der Waals surface area (Å²) in [5, 5.41) is 22.8. The van der Waals surface area contributed by atoms with Gasteiger partial charge in [0.05, 0.1) is 0 Å². The molecule has 0 aromatic carbocycles. The van der Waals surface area contributed by atoms with Crippen LogP contribution in [0.25, 0.3) is 0 Å². The third-order valence-electron chi connectivity index (χ3n) is 2.38. The largest absolute Gasteiger partial charge is 0.480 e. The van der Waals surface area contributed by atoms with Crippen molar-refractivity contribution in [2.24, 2.45) is 5.41 Å². The lowest BCUT2D eigenvalue weighted by Crippen LogP contribution is -2.50. The van der Waals surface area contributed by atoms with Crippen molar-refractivity contribution in [2.45, 2.75) is 40.2 Å². The summed E-state index contributed by atoms with van der Waals surface area (Å²) in [6.45, 7) is 7.16. The van der Waals surface area contributed by atoms with Crippen molar-refractivity contribution in [3.05, 3.63) is 5.01 Å².